The zero-order chi connectivity index (χ0) is 22.4. The van der Waals surface area contributed by atoms with Crippen LogP contribution in [-0.2, 0) is 0 Å². The Kier molecular flexibility index (Phi) is 13.0. The van der Waals surface area contributed by atoms with Crippen molar-refractivity contribution >= 4 is 65.8 Å². The lowest BCUT2D eigenvalue weighted by Crippen LogP contribution is -2.53. The summed E-state index contributed by atoms with van der Waals surface area (Å²) >= 11 is 12.5. The van der Waals surface area contributed by atoms with E-state index in [-0.39, 0.29) is 42.9 Å². The number of rotatable bonds is 5. The second-order valence-electron chi connectivity index (χ2n) is 8.35. The van der Waals surface area contributed by atoms with Crippen molar-refractivity contribution in [3.8, 4) is 0 Å². The van der Waals surface area contributed by atoms with Crippen LogP contribution < -0.4 is 15.5 Å². The molecule has 3 rings (SSSR count). The molecule has 33 heavy (non-hydrogen) atoms. The Morgan fingerprint density at radius 3 is 2.09 bits per heavy atom. The highest BCUT2D eigenvalue weighted by Crippen LogP contribution is 2.33. The lowest BCUT2D eigenvalue weighted by molar-refractivity contribution is 0.143. The molecule has 2 fully saturated rings. The monoisotopic (exact) mass is 541 g/mol. The normalized spacial score (nSPS) is 20.8. The predicted molar refractivity (Wildman–Crippen MR) is 141 cm³/mol. The summed E-state index contributed by atoms with van der Waals surface area (Å²) < 4.78 is 0. The van der Waals surface area contributed by atoms with Gasteiger partial charge in [-0.2, -0.15) is 0 Å². The molecule has 0 aromatic heterocycles. The van der Waals surface area contributed by atoms with Crippen LogP contribution in [0, 0.1) is 5.92 Å². The molecule has 4 amide bonds. The van der Waals surface area contributed by atoms with E-state index in [1.807, 2.05) is 18.2 Å². The Morgan fingerprint density at radius 2 is 1.55 bits per heavy atom. The fourth-order valence-electron chi connectivity index (χ4n) is 4.67. The number of imide groups is 1. The van der Waals surface area contributed by atoms with Crippen LogP contribution in [0.2, 0.25) is 10.0 Å². The fraction of sp³-hybridized carbons (Fsp3) is 0.636. The van der Waals surface area contributed by atoms with Gasteiger partial charge >= 0.3 is 12.1 Å². The summed E-state index contributed by atoms with van der Waals surface area (Å²) in [4.78, 5) is 30.4. The molecule has 0 radical (unpaired) electrons. The van der Waals surface area contributed by atoms with Crippen molar-refractivity contribution in [3.63, 3.8) is 0 Å². The van der Waals surface area contributed by atoms with Gasteiger partial charge in [0.2, 0.25) is 0 Å². The average Bonchev–Trinajstić information content (AvgIpc) is 2.80. The number of nitrogens with zero attached hydrogens (tertiary/aromatic N) is 3. The first-order valence-corrected chi connectivity index (χ1v) is 11.8. The fourth-order valence-corrected chi connectivity index (χ4v) is 5.09. The molecule has 1 aromatic carbocycles. The van der Waals surface area contributed by atoms with Gasteiger partial charge in [0.25, 0.3) is 0 Å². The molecular formula is C22H35Cl4N5O2. The van der Waals surface area contributed by atoms with Crippen LogP contribution in [0.25, 0.3) is 0 Å². The van der Waals surface area contributed by atoms with E-state index in [0.29, 0.717) is 16.0 Å². The smallest absolute Gasteiger partial charge is 0.325 e. The highest BCUT2D eigenvalue weighted by atomic mass is 35.5. The van der Waals surface area contributed by atoms with Crippen molar-refractivity contribution < 1.29 is 9.59 Å². The van der Waals surface area contributed by atoms with Gasteiger partial charge in [0.05, 0.1) is 15.7 Å². The van der Waals surface area contributed by atoms with E-state index in [4.69, 9.17) is 23.2 Å². The summed E-state index contributed by atoms with van der Waals surface area (Å²) in [6.45, 7) is 5.00. The van der Waals surface area contributed by atoms with Crippen molar-refractivity contribution in [1.29, 1.82) is 0 Å². The number of anilines is 1. The molecule has 1 aromatic rings. The standard InChI is InChI=1S/C22H33Cl2N5O2.2ClH/c1-25-21(30)29(22(31)26-2)17-8-6-16(7-9-17)10-11-27-12-14-28(15-13-27)19-5-3-4-18(23)20(19)24;;/h3-5,16-17H,6-15H2,1-2H3,(H,25,30)(H,26,31);2*1H. The maximum absolute atomic E-state index is 12.1. The van der Waals surface area contributed by atoms with Crippen LogP contribution in [0.1, 0.15) is 32.1 Å². The van der Waals surface area contributed by atoms with Crippen molar-refractivity contribution in [2.45, 2.75) is 38.1 Å². The Morgan fingerprint density at radius 1 is 0.970 bits per heavy atom. The van der Waals surface area contributed by atoms with Crippen molar-refractivity contribution in [1.82, 2.24) is 20.4 Å². The van der Waals surface area contributed by atoms with E-state index >= 15 is 0 Å². The molecule has 0 unspecified atom stereocenters. The van der Waals surface area contributed by atoms with E-state index < -0.39 is 0 Å². The number of hydrogen-bond donors (Lipinski definition) is 2. The second kappa shape index (κ2) is 14.3. The number of urea groups is 2. The largest absolute Gasteiger partial charge is 0.368 e. The van der Waals surface area contributed by atoms with Crippen molar-refractivity contribution in [2.75, 3.05) is 51.7 Å². The quantitative estimate of drug-likeness (QED) is 0.556. The van der Waals surface area contributed by atoms with Crippen LogP contribution in [0.5, 0.6) is 0 Å². The number of hydrogen-bond acceptors (Lipinski definition) is 4. The van der Waals surface area contributed by atoms with Gasteiger partial charge in [-0.05, 0) is 56.7 Å². The zero-order valence-electron chi connectivity index (χ0n) is 19.2. The number of nitrogens with one attached hydrogen (secondary N) is 2. The first-order chi connectivity index (χ1) is 14.9. The van der Waals surface area contributed by atoms with E-state index in [9.17, 15) is 9.59 Å². The molecule has 2 N–H and O–H groups in total. The van der Waals surface area contributed by atoms with Crippen LogP contribution in [0.15, 0.2) is 18.2 Å². The Balaban J connectivity index is 0.00000272. The van der Waals surface area contributed by atoms with Crippen LogP contribution in [0.4, 0.5) is 15.3 Å². The first-order valence-electron chi connectivity index (χ1n) is 11.1. The Hall–Kier alpha value is -1.12. The molecule has 1 saturated carbocycles. The predicted octanol–water partition coefficient (Wildman–Crippen LogP) is 4.89. The Bertz CT molecular complexity index is 753. The SMILES string of the molecule is CNC(=O)N(C(=O)NC)C1CCC(CCN2CCN(c3cccc(Cl)c3Cl)CC2)CC1.Cl.Cl. The lowest BCUT2D eigenvalue weighted by Gasteiger charge is -2.38. The molecule has 0 spiro atoms. The van der Waals surface area contributed by atoms with Crippen LogP contribution >= 0.6 is 48.0 Å². The minimum Gasteiger partial charge on any atom is -0.368 e. The van der Waals surface area contributed by atoms with Gasteiger partial charge in [0, 0.05) is 46.3 Å². The van der Waals surface area contributed by atoms with Gasteiger partial charge in [0.1, 0.15) is 0 Å². The molecule has 1 heterocycles. The first kappa shape index (κ1) is 29.9. The molecule has 1 saturated heterocycles. The van der Waals surface area contributed by atoms with Gasteiger partial charge in [-0.25, -0.2) is 14.5 Å². The van der Waals surface area contributed by atoms with E-state index in [1.54, 1.807) is 14.1 Å². The summed E-state index contributed by atoms with van der Waals surface area (Å²) in [5.41, 5.74) is 1.02. The molecule has 11 heteroatoms. The van der Waals surface area contributed by atoms with E-state index in [1.165, 1.54) is 4.90 Å². The summed E-state index contributed by atoms with van der Waals surface area (Å²) in [5.74, 6) is 0.646. The van der Waals surface area contributed by atoms with E-state index in [2.05, 4.69) is 20.4 Å². The minimum absolute atomic E-state index is 0. The minimum atomic E-state index is -0.333. The van der Waals surface area contributed by atoms with Gasteiger partial charge in [0.15, 0.2) is 0 Å². The number of halogens is 4. The van der Waals surface area contributed by atoms with Gasteiger partial charge in [-0.3, -0.25) is 4.90 Å². The number of amides is 4. The van der Waals surface area contributed by atoms with Gasteiger partial charge in [-0.1, -0.05) is 29.3 Å². The molecule has 7 nitrogen and oxygen atoms in total. The Labute approximate surface area is 219 Å². The summed E-state index contributed by atoms with van der Waals surface area (Å²) in [5, 5.41) is 6.39. The maximum atomic E-state index is 12.1. The van der Waals surface area contributed by atoms with Crippen LogP contribution in [-0.4, -0.2) is 74.7 Å². The molecule has 188 valence electrons. The second-order valence-corrected chi connectivity index (χ2v) is 9.13. The number of benzene rings is 1. The molecule has 0 bridgehead atoms. The summed E-state index contributed by atoms with van der Waals surface area (Å²) in [6.07, 6.45) is 4.99. The molecule has 0 atom stereocenters. The molecule has 1 aliphatic carbocycles. The van der Waals surface area contributed by atoms with Gasteiger partial charge < -0.3 is 15.5 Å². The van der Waals surface area contributed by atoms with E-state index in [0.717, 1.165) is 70.5 Å². The number of piperazine rings is 1. The average molecular weight is 543 g/mol. The lowest BCUT2D eigenvalue weighted by atomic mass is 9.83. The molecule has 2 aliphatic rings. The maximum Gasteiger partial charge on any atom is 0.325 e. The van der Waals surface area contributed by atoms with Gasteiger partial charge in [-0.15, -0.1) is 24.8 Å². The third-order valence-electron chi connectivity index (χ3n) is 6.54. The zero-order valence-corrected chi connectivity index (χ0v) is 22.3. The third kappa shape index (κ3) is 7.69. The number of carbonyl (C=O) groups excluding carboxylic acids is 2. The van der Waals surface area contributed by atoms with Crippen LogP contribution in [0.3, 0.4) is 0 Å². The topological polar surface area (TPSA) is 67.9 Å². The highest BCUT2D eigenvalue weighted by molar-refractivity contribution is 6.43. The number of carbonyl (C=O) groups is 2. The third-order valence-corrected chi connectivity index (χ3v) is 7.35. The molecule has 1 aliphatic heterocycles. The summed E-state index contributed by atoms with van der Waals surface area (Å²) in [7, 11) is 3.12. The van der Waals surface area contributed by atoms with Crippen molar-refractivity contribution in [2.24, 2.45) is 5.92 Å². The summed E-state index contributed by atoms with van der Waals surface area (Å²) in [6, 6.07) is 5.11. The highest BCUT2D eigenvalue weighted by Gasteiger charge is 2.32. The molecular weight excluding hydrogens is 508 g/mol. The van der Waals surface area contributed by atoms with Crippen molar-refractivity contribution in [3.05, 3.63) is 28.2 Å².